The molecule has 28 heavy (non-hydrogen) atoms. The van der Waals surface area contributed by atoms with Crippen molar-refractivity contribution in [2.75, 3.05) is 33.4 Å². The molecule has 3 rings (SSSR count). The molecule has 4 heteroatoms. The number of aryl methyl sites for hydroxylation is 2. The van der Waals surface area contributed by atoms with Gasteiger partial charge in [0.25, 0.3) is 5.91 Å². The highest BCUT2D eigenvalue weighted by molar-refractivity contribution is 5.94. The Labute approximate surface area is 168 Å². The van der Waals surface area contributed by atoms with Gasteiger partial charge in [-0.25, -0.2) is 0 Å². The third-order valence-corrected chi connectivity index (χ3v) is 5.50. The number of carbonyl (C=O) groups is 1. The molecule has 1 saturated heterocycles. The molecule has 0 atom stereocenters. The number of nitrogens with zero attached hydrogens (tertiary/aromatic N) is 1. The van der Waals surface area contributed by atoms with E-state index in [2.05, 4.69) is 31.2 Å². The lowest BCUT2D eigenvalue weighted by molar-refractivity contribution is 0.0686. The van der Waals surface area contributed by atoms with Gasteiger partial charge in [-0.3, -0.25) is 4.79 Å². The third kappa shape index (κ3) is 5.83. The van der Waals surface area contributed by atoms with Crippen LogP contribution in [0.1, 0.15) is 40.7 Å². The van der Waals surface area contributed by atoms with E-state index >= 15 is 0 Å². The molecule has 0 saturated carbocycles. The van der Waals surface area contributed by atoms with E-state index in [1.165, 1.54) is 17.5 Å². The second-order valence-electron chi connectivity index (χ2n) is 7.63. The minimum atomic E-state index is 0.106. The average molecular weight is 382 g/mol. The average Bonchev–Trinajstić information content (AvgIpc) is 2.74. The van der Waals surface area contributed by atoms with Gasteiger partial charge in [0.05, 0.1) is 6.61 Å². The molecule has 0 radical (unpaired) electrons. The van der Waals surface area contributed by atoms with Crippen LogP contribution in [-0.4, -0.2) is 44.2 Å². The van der Waals surface area contributed by atoms with Crippen molar-refractivity contribution in [3.63, 3.8) is 0 Å². The Morgan fingerprint density at radius 1 is 1.07 bits per heavy atom. The number of rotatable bonds is 8. The highest BCUT2D eigenvalue weighted by atomic mass is 16.5. The Morgan fingerprint density at radius 3 is 2.54 bits per heavy atom. The van der Waals surface area contributed by atoms with E-state index in [4.69, 9.17) is 9.47 Å². The van der Waals surface area contributed by atoms with E-state index < -0.39 is 0 Å². The number of benzene rings is 2. The lowest BCUT2D eigenvalue weighted by Gasteiger charge is -2.32. The van der Waals surface area contributed by atoms with Gasteiger partial charge in [0.2, 0.25) is 0 Å². The SMILES string of the molecule is COCCOc1cccc(C(=O)N2CCC(CCc3ccc(C)cc3)CC2)c1. The van der Waals surface area contributed by atoms with Crippen LogP contribution in [0.3, 0.4) is 0 Å². The first-order chi connectivity index (χ1) is 13.7. The molecule has 0 bridgehead atoms. The molecular formula is C24H31NO3. The first-order valence-electron chi connectivity index (χ1n) is 10.2. The van der Waals surface area contributed by atoms with Gasteiger partial charge in [0, 0.05) is 25.8 Å². The molecule has 1 amide bonds. The summed E-state index contributed by atoms with van der Waals surface area (Å²) in [5, 5.41) is 0. The maximum Gasteiger partial charge on any atom is 0.253 e. The van der Waals surface area contributed by atoms with E-state index in [1.54, 1.807) is 7.11 Å². The fourth-order valence-corrected chi connectivity index (χ4v) is 3.69. The molecule has 150 valence electrons. The number of ether oxygens (including phenoxy) is 2. The third-order valence-electron chi connectivity index (χ3n) is 5.50. The van der Waals surface area contributed by atoms with Crippen LogP contribution in [0, 0.1) is 12.8 Å². The monoisotopic (exact) mass is 381 g/mol. The fraction of sp³-hybridized carbons (Fsp3) is 0.458. The second-order valence-corrected chi connectivity index (χ2v) is 7.63. The Kier molecular flexibility index (Phi) is 7.49. The summed E-state index contributed by atoms with van der Waals surface area (Å²) < 4.78 is 10.6. The van der Waals surface area contributed by atoms with Crippen LogP contribution in [-0.2, 0) is 11.2 Å². The van der Waals surface area contributed by atoms with E-state index in [1.807, 2.05) is 29.2 Å². The van der Waals surface area contributed by atoms with Gasteiger partial charge in [-0.2, -0.15) is 0 Å². The van der Waals surface area contributed by atoms with Crippen molar-refractivity contribution in [1.82, 2.24) is 4.90 Å². The molecule has 0 aliphatic carbocycles. The Bertz CT molecular complexity index is 749. The molecule has 0 spiro atoms. The molecule has 2 aromatic rings. The summed E-state index contributed by atoms with van der Waals surface area (Å²) in [7, 11) is 1.65. The Hall–Kier alpha value is -2.33. The van der Waals surface area contributed by atoms with Crippen LogP contribution in [0.25, 0.3) is 0 Å². The predicted octanol–water partition coefficient (Wildman–Crippen LogP) is 4.51. The van der Waals surface area contributed by atoms with E-state index in [0.717, 1.165) is 38.1 Å². The number of methoxy groups -OCH3 is 1. The number of amides is 1. The molecule has 0 N–H and O–H groups in total. The first-order valence-corrected chi connectivity index (χ1v) is 10.2. The molecule has 1 heterocycles. The molecule has 0 aromatic heterocycles. The van der Waals surface area contributed by atoms with Gasteiger partial charge in [-0.15, -0.1) is 0 Å². The number of carbonyl (C=O) groups excluding carboxylic acids is 1. The molecule has 1 aliphatic heterocycles. The molecule has 1 fully saturated rings. The Balaban J connectivity index is 1.47. The van der Waals surface area contributed by atoms with E-state index in [-0.39, 0.29) is 5.91 Å². The smallest absolute Gasteiger partial charge is 0.253 e. The maximum absolute atomic E-state index is 12.8. The summed E-state index contributed by atoms with van der Waals surface area (Å²) in [6.45, 7) is 4.82. The number of piperidine rings is 1. The van der Waals surface area contributed by atoms with Crippen LogP contribution in [0.15, 0.2) is 48.5 Å². The van der Waals surface area contributed by atoms with Crippen LogP contribution < -0.4 is 4.74 Å². The fourth-order valence-electron chi connectivity index (χ4n) is 3.69. The van der Waals surface area contributed by atoms with Crippen LogP contribution in [0.2, 0.25) is 0 Å². The standard InChI is InChI=1S/C24H31NO3/c1-19-6-8-20(9-7-19)10-11-21-12-14-25(15-13-21)24(26)22-4-3-5-23(18-22)28-17-16-27-2/h3-9,18,21H,10-17H2,1-2H3. The lowest BCUT2D eigenvalue weighted by atomic mass is 9.90. The summed E-state index contributed by atoms with van der Waals surface area (Å²) in [6, 6.07) is 16.3. The van der Waals surface area contributed by atoms with Crippen molar-refractivity contribution < 1.29 is 14.3 Å². The predicted molar refractivity (Wildman–Crippen MR) is 112 cm³/mol. The maximum atomic E-state index is 12.8. The van der Waals surface area contributed by atoms with Crippen molar-refractivity contribution >= 4 is 5.91 Å². The lowest BCUT2D eigenvalue weighted by Crippen LogP contribution is -2.38. The van der Waals surface area contributed by atoms with Gasteiger partial charge >= 0.3 is 0 Å². The zero-order chi connectivity index (χ0) is 19.8. The molecule has 4 nitrogen and oxygen atoms in total. The summed E-state index contributed by atoms with van der Waals surface area (Å²) in [6.07, 6.45) is 4.50. The molecule has 1 aliphatic rings. The van der Waals surface area contributed by atoms with Crippen LogP contribution in [0.5, 0.6) is 5.75 Å². The van der Waals surface area contributed by atoms with Crippen molar-refractivity contribution in [2.24, 2.45) is 5.92 Å². The quantitative estimate of drug-likeness (QED) is 0.632. The number of hydrogen-bond donors (Lipinski definition) is 0. The van der Waals surface area contributed by atoms with Gasteiger partial charge in [0.15, 0.2) is 0 Å². The van der Waals surface area contributed by atoms with E-state index in [0.29, 0.717) is 24.7 Å². The zero-order valence-corrected chi connectivity index (χ0v) is 17.0. The van der Waals surface area contributed by atoms with Crippen molar-refractivity contribution in [3.05, 3.63) is 65.2 Å². The van der Waals surface area contributed by atoms with E-state index in [9.17, 15) is 4.79 Å². The van der Waals surface area contributed by atoms with Gasteiger partial charge < -0.3 is 14.4 Å². The summed E-state index contributed by atoms with van der Waals surface area (Å²) in [5.41, 5.74) is 3.42. The summed E-state index contributed by atoms with van der Waals surface area (Å²) in [5.74, 6) is 1.53. The van der Waals surface area contributed by atoms with Gasteiger partial charge in [0.1, 0.15) is 12.4 Å². The minimum absolute atomic E-state index is 0.106. The Morgan fingerprint density at radius 2 is 1.82 bits per heavy atom. The van der Waals surface area contributed by atoms with Crippen LogP contribution in [0.4, 0.5) is 0 Å². The topological polar surface area (TPSA) is 38.8 Å². The van der Waals surface area contributed by atoms with Crippen molar-refractivity contribution in [2.45, 2.75) is 32.6 Å². The normalized spacial score (nSPS) is 14.9. The highest BCUT2D eigenvalue weighted by Gasteiger charge is 2.23. The number of hydrogen-bond acceptors (Lipinski definition) is 3. The first kappa shape index (κ1) is 20.4. The largest absolute Gasteiger partial charge is 0.491 e. The van der Waals surface area contributed by atoms with Crippen molar-refractivity contribution in [3.8, 4) is 5.75 Å². The van der Waals surface area contributed by atoms with Crippen LogP contribution >= 0.6 is 0 Å². The molecule has 0 unspecified atom stereocenters. The summed E-state index contributed by atoms with van der Waals surface area (Å²) in [4.78, 5) is 14.8. The summed E-state index contributed by atoms with van der Waals surface area (Å²) >= 11 is 0. The highest BCUT2D eigenvalue weighted by Crippen LogP contribution is 2.24. The molecule has 2 aromatic carbocycles. The number of likely N-dealkylation sites (tertiary alicyclic amines) is 1. The molecular weight excluding hydrogens is 350 g/mol. The zero-order valence-electron chi connectivity index (χ0n) is 17.0. The van der Waals surface area contributed by atoms with Crippen molar-refractivity contribution in [1.29, 1.82) is 0 Å². The van der Waals surface area contributed by atoms with Gasteiger partial charge in [-0.05, 0) is 62.3 Å². The second kappa shape index (κ2) is 10.3. The minimum Gasteiger partial charge on any atom is -0.491 e. The van der Waals surface area contributed by atoms with Gasteiger partial charge in [-0.1, -0.05) is 35.9 Å².